The largest absolute Gasteiger partial charge is 0.382 e. The third-order valence-corrected chi connectivity index (χ3v) is 8.40. The zero-order valence-corrected chi connectivity index (χ0v) is 31.2. The maximum atomic E-state index is 13.7. The van der Waals surface area contributed by atoms with Crippen molar-refractivity contribution < 1.29 is 14.3 Å². The predicted octanol–water partition coefficient (Wildman–Crippen LogP) is 6.41. The summed E-state index contributed by atoms with van der Waals surface area (Å²) in [6.45, 7) is 19.8. The smallest absolute Gasteiger partial charge is 0.251 e. The normalized spacial score (nSPS) is 16.1. The summed E-state index contributed by atoms with van der Waals surface area (Å²) >= 11 is 0. The number of nitrogens with one attached hydrogen (secondary N) is 3. The summed E-state index contributed by atoms with van der Waals surface area (Å²) in [6, 6.07) is 8.62. The van der Waals surface area contributed by atoms with E-state index in [0.717, 1.165) is 110 Å². The molecule has 2 aliphatic rings. The van der Waals surface area contributed by atoms with Crippen molar-refractivity contribution in [2.45, 2.75) is 73.3 Å². The predicted molar refractivity (Wildman–Crippen MR) is 201 cm³/mol. The first-order valence-corrected chi connectivity index (χ1v) is 18.3. The molecule has 9 nitrogen and oxygen atoms in total. The second kappa shape index (κ2) is 21.6. The number of piperazine rings is 1. The fraction of sp³-hybridized carbons (Fsp3) is 0.541. The molecule has 1 atom stereocenters. The maximum absolute atomic E-state index is 13.7. The highest BCUT2D eigenvalue weighted by atomic mass is 31.0. The molecule has 2 aromatic rings. The van der Waals surface area contributed by atoms with Crippen LogP contribution in [0.1, 0.15) is 76.2 Å². The van der Waals surface area contributed by atoms with E-state index in [2.05, 4.69) is 67.2 Å². The second-order valence-corrected chi connectivity index (χ2v) is 11.8. The number of hydrogen-bond acceptors (Lipinski definition) is 7. The minimum Gasteiger partial charge on any atom is -0.382 e. The summed E-state index contributed by atoms with van der Waals surface area (Å²) in [5, 5.41) is 9.58. The highest BCUT2D eigenvalue weighted by Gasteiger charge is 2.20. The van der Waals surface area contributed by atoms with E-state index in [-0.39, 0.29) is 5.91 Å². The third-order valence-electron chi connectivity index (χ3n) is 8.40. The van der Waals surface area contributed by atoms with Crippen LogP contribution in [0.5, 0.6) is 0 Å². The lowest BCUT2D eigenvalue weighted by Crippen LogP contribution is -2.44. The molecule has 3 heterocycles. The van der Waals surface area contributed by atoms with Crippen LogP contribution in [0.15, 0.2) is 53.4 Å². The Morgan fingerprint density at radius 2 is 1.74 bits per heavy atom. The van der Waals surface area contributed by atoms with Crippen molar-refractivity contribution in [2.24, 2.45) is 0 Å². The fourth-order valence-corrected chi connectivity index (χ4v) is 5.60. The molecule has 0 aliphatic carbocycles. The Labute approximate surface area is 286 Å². The van der Waals surface area contributed by atoms with Crippen LogP contribution >= 0.6 is 9.24 Å². The number of carbonyl (C=O) groups excluding carboxylic acids is 2. The Morgan fingerprint density at radius 1 is 1.06 bits per heavy atom. The number of nitrogens with zero attached hydrogens (tertiary/aromatic N) is 3. The first-order valence-electron chi connectivity index (χ1n) is 17.1. The number of benzene rings is 1. The number of carbonyl (C=O) groups is 2. The van der Waals surface area contributed by atoms with Crippen molar-refractivity contribution in [3.8, 4) is 11.1 Å². The Morgan fingerprint density at radius 3 is 2.34 bits per heavy atom. The molecule has 260 valence electrons. The second-order valence-electron chi connectivity index (χ2n) is 11.8. The Balaban J connectivity index is 0.00000185. The SMILES string of the molecule is CC.CCCC(/C=C(/C)NC=O)=C(/C)CNC(=O)c1cc(-c2ccc(N3CCN(C)CC3)nc2)cc(NC2CCOCC2)c1C.CP. The highest BCUT2D eigenvalue weighted by Crippen LogP contribution is 2.31. The van der Waals surface area contributed by atoms with E-state index in [1.807, 2.05) is 59.6 Å². The van der Waals surface area contributed by atoms with Crippen molar-refractivity contribution in [1.82, 2.24) is 20.5 Å². The molecule has 2 aliphatic heterocycles. The van der Waals surface area contributed by atoms with Gasteiger partial charge < -0.3 is 30.5 Å². The summed E-state index contributed by atoms with van der Waals surface area (Å²) < 4.78 is 5.57. The van der Waals surface area contributed by atoms with E-state index in [0.29, 0.717) is 24.6 Å². The van der Waals surface area contributed by atoms with Gasteiger partial charge in [0, 0.05) is 80.7 Å². The molecule has 0 saturated carbocycles. The lowest BCUT2D eigenvalue weighted by Gasteiger charge is -2.33. The van der Waals surface area contributed by atoms with Crippen LogP contribution in [-0.4, -0.2) is 87.9 Å². The van der Waals surface area contributed by atoms with Crippen molar-refractivity contribution in [3.05, 3.63) is 64.5 Å². The zero-order chi connectivity index (χ0) is 34.8. The number of likely N-dealkylation sites (N-methyl/N-ethyl adjacent to an activating group) is 1. The van der Waals surface area contributed by atoms with Gasteiger partial charge in [-0.3, -0.25) is 9.59 Å². The minimum atomic E-state index is -0.113. The molecular weight excluding hydrogens is 607 g/mol. The number of ether oxygens (including phenoxy) is 1. The topological polar surface area (TPSA) is 98.8 Å². The lowest BCUT2D eigenvalue weighted by atomic mass is 9.97. The van der Waals surface area contributed by atoms with Crippen LogP contribution in [0.4, 0.5) is 11.5 Å². The van der Waals surface area contributed by atoms with Gasteiger partial charge in [0.1, 0.15) is 5.82 Å². The molecule has 0 radical (unpaired) electrons. The van der Waals surface area contributed by atoms with Crippen molar-refractivity contribution in [1.29, 1.82) is 0 Å². The van der Waals surface area contributed by atoms with Crippen LogP contribution in [0.3, 0.4) is 0 Å². The first kappa shape index (κ1) is 39.9. The third kappa shape index (κ3) is 12.4. The molecule has 0 bridgehead atoms. The van der Waals surface area contributed by atoms with Crippen molar-refractivity contribution in [2.75, 3.05) is 69.9 Å². The number of aromatic nitrogens is 1. The average molecular weight is 667 g/mol. The quantitative estimate of drug-likeness (QED) is 0.137. The first-order chi connectivity index (χ1) is 22.8. The Kier molecular flexibility index (Phi) is 18.3. The van der Waals surface area contributed by atoms with E-state index < -0.39 is 0 Å². The van der Waals surface area contributed by atoms with Crippen molar-refractivity contribution in [3.63, 3.8) is 0 Å². The number of rotatable bonds is 12. The standard InChI is InChI=1S/C34H48N6O3.C2H6.CH5P/c1-6-7-27(18-25(3)37-23-41)24(2)21-36-34(42)31-19-29(20-32(26(31)4)38-30-10-16-43-17-11-30)28-8-9-33(35-22-28)40-14-12-39(5)13-15-40;2*1-2/h8-9,18-20,22-23,30,38H,6-7,10-17,21H2,1-5H3,(H,36,42)(H,37,41);1-2H3;2H2,1H3/b25-18-,27-24+;;. The summed E-state index contributed by atoms with van der Waals surface area (Å²) in [5.74, 6) is 0.874. The van der Waals surface area contributed by atoms with E-state index >= 15 is 0 Å². The number of allylic oxidation sites excluding steroid dienone is 3. The van der Waals surface area contributed by atoms with Gasteiger partial charge in [-0.15, -0.1) is 9.24 Å². The highest BCUT2D eigenvalue weighted by molar-refractivity contribution is 7.15. The van der Waals surface area contributed by atoms with Crippen LogP contribution in [-0.2, 0) is 9.53 Å². The monoisotopic (exact) mass is 666 g/mol. The fourth-order valence-electron chi connectivity index (χ4n) is 5.60. The molecule has 1 aromatic carbocycles. The van der Waals surface area contributed by atoms with Gasteiger partial charge in [-0.25, -0.2) is 4.98 Å². The molecule has 1 unspecified atom stereocenters. The molecule has 3 N–H and O–H groups in total. The summed E-state index contributed by atoms with van der Waals surface area (Å²) in [4.78, 5) is 34.0. The van der Waals surface area contributed by atoms with E-state index in [4.69, 9.17) is 9.72 Å². The van der Waals surface area contributed by atoms with Gasteiger partial charge in [0.25, 0.3) is 5.91 Å². The Bertz CT molecular complexity index is 1310. The average Bonchev–Trinajstić information content (AvgIpc) is 3.10. The van der Waals surface area contributed by atoms with Gasteiger partial charge in [0.15, 0.2) is 0 Å². The number of hydrogen-bond donors (Lipinski definition) is 3. The number of pyridine rings is 1. The van der Waals surface area contributed by atoms with Crippen LogP contribution in [0.2, 0.25) is 0 Å². The maximum Gasteiger partial charge on any atom is 0.251 e. The Hall–Kier alpha value is -3.26. The summed E-state index contributed by atoms with van der Waals surface area (Å²) in [5.41, 5.74) is 7.45. The van der Waals surface area contributed by atoms with Gasteiger partial charge >= 0.3 is 0 Å². The van der Waals surface area contributed by atoms with Crippen LogP contribution < -0.4 is 20.9 Å². The molecule has 2 saturated heterocycles. The van der Waals surface area contributed by atoms with Gasteiger partial charge in [0.05, 0.1) is 0 Å². The van der Waals surface area contributed by atoms with Gasteiger partial charge in [-0.2, -0.15) is 0 Å². The molecule has 2 amide bonds. The van der Waals surface area contributed by atoms with E-state index in [1.165, 1.54) is 0 Å². The molecule has 4 rings (SSSR count). The minimum absolute atomic E-state index is 0.113. The van der Waals surface area contributed by atoms with Gasteiger partial charge in [-0.1, -0.05) is 39.4 Å². The number of amides is 2. The zero-order valence-electron chi connectivity index (χ0n) is 30.0. The van der Waals surface area contributed by atoms with Gasteiger partial charge in [-0.05, 0) is 94.1 Å². The molecule has 0 spiro atoms. The van der Waals surface area contributed by atoms with Crippen LogP contribution in [0.25, 0.3) is 11.1 Å². The molecule has 10 heteroatoms. The molecule has 47 heavy (non-hydrogen) atoms. The van der Waals surface area contributed by atoms with Crippen LogP contribution in [0, 0.1) is 6.92 Å². The molecular formula is C37H59N6O3P. The number of anilines is 2. The van der Waals surface area contributed by atoms with Gasteiger partial charge in [0.2, 0.25) is 6.41 Å². The lowest BCUT2D eigenvalue weighted by molar-refractivity contribution is -0.108. The summed E-state index contributed by atoms with van der Waals surface area (Å²) in [6.07, 6.45) is 8.29. The summed E-state index contributed by atoms with van der Waals surface area (Å²) in [7, 11) is 4.57. The molecule has 2 fully saturated rings. The molecule has 1 aromatic heterocycles. The van der Waals surface area contributed by atoms with E-state index in [1.54, 1.807) is 0 Å². The van der Waals surface area contributed by atoms with E-state index in [9.17, 15) is 9.59 Å². The van der Waals surface area contributed by atoms with Crippen molar-refractivity contribution >= 4 is 33.1 Å².